The Bertz CT molecular complexity index is 484. The van der Waals surface area contributed by atoms with Crippen molar-refractivity contribution in [1.29, 1.82) is 0 Å². The molecule has 0 atom stereocenters. The van der Waals surface area contributed by atoms with Gasteiger partial charge in [0.15, 0.2) is 0 Å². The SMILES string of the molecule is Cc1cnn(CCNCc2ncnn2C(C)C)c1. The molecule has 0 unspecified atom stereocenters. The predicted octanol–water partition coefficient (Wildman–Crippen LogP) is 1.15. The van der Waals surface area contributed by atoms with Crippen molar-refractivity contribution >= 4 is 0 Å². The van der Waals surface area contributed by atoms with Crippen molar-refractivity contribution in [1.82, 2.24) is 29.9 Å². The first-order valence-electron chi connectivity index (χ1n) is 6.25. The molecule has 0 amide bonds. The van der Waals surface area contributed by atoms with Gasteiger partial charge < -0.3 is 5.32 Å². The summed E-state index contributed by atoms with van der Waals surface area (Å²) in [5.74, 6) is 0.974. The van der Waals surface area contributed by atoms with Crippen molar-refractivity contribution in [2.75, 3.05) is 6.54 Å². The Hall–Kier alpha value is -1.69. The molecule has 1 N–H and O–H groups in total. The van der Waals surface area contributed by atoms with Gasteiger partial charge in [-0.2, -0.15) is 10.2 Å². The minimum Gasteiger partial charge on any atom is -0.308 e. The molecule has 0 aliphatic rings. The molecular weight excluding hydrogens is 228 g/mol. The number of nitrogens with one attached hydrogen (secondary N) is 1. The molecule has 0 aromatic carbocycles. The summed E-state index contributed by atoms with van der Waals surface area (Å²) in [4.78, 5) is 4.25. The van der Waals surface area contributed by atoms with Gasteiger partial charge in [0.25, 0.3) is 0 Å². The van der Waals surface area contributed by atoms with Crippen LogP contribution in [0, 0.1) is 6.92 Å². The third-order valence-electron chi connectivity index (χ3n) is 2.70. The Morgan fingerprint density at radius 2 is 2.17 bits per heavy atom. The summed E-state index contributed by atoms with van der Waals surface area (Å²) in [6.45, 7) is 8.71. The lowest BCUT2D eigenvalue weighted by atomic mass is 10.4. The van der Waals surface area contributed by atoms with Crippen LogP contribution in [0.1, 0.15) is 31.3 Å². The summed E-state index contributed by atoms with van der Waals surface area (Å²) >= 11 is 0. The Morgan fingerprint density at radius 1 is 1.33 bits per heavy atom. The van der Waals surface area contributed by atoms with Gasteiger partial charge in [-0.15, -0.1) is 0 Å². The molecule has 2 aromatic heterocycles. The fourth-order valence-corrected chi connectivity index (χ4v) is 1.81. The quantitative estimate of drug-likeness (QED) is 0.779. The normalized spacial score (nSPS) is 11.3. The van der Waals surface area contributed by atoms with Crippen LogP contribution in [0.3, 0.4) is 0 Å². The molecule has 0 fully saturated rings. The van der Waals surface area contributed by atoms with Crippen molar-refractivity contribution < 1.29 is 0 Å². The predicted molar refractivity (Wildman–Crippen MR) is 69.1 cm³/mol. The number of rotatable bonds is 6. The van der Waals surface area contributed by atoms with E-state index in [1.54, 1.807) is 6.33 Å². The molecule has 98 valence electrons. The van der Waals surface area contributed by atoms with Crippen LogP contribution >= 0.6 is 0 Å². The maximum absolute atomic E-state index is 4.25. The molecule has 2 heterocycles. The maximum atomic E-state index is 4.25. The van der Waals surface area contributed by atoms with E-state index >= 15 is 0 Å². The molecule has 6 heteroatoms. The van der Waals surface area contributed by atoms with Crippen LogP contribution in [0.4, 0.5) is 0 Å². The van der Waals surface area contributed by atoms with Gasteiger partial charge in [-0.25, -0.2) is 9.67 Å². The lowest BCUT2D eigenvalue weighted by Crippen LogP contribution is -2.22. The highest BCUT2D eigenvalue weighted by Gasteiger charge is 2.06. The number of aryl methyl sites for hydroxylation is 1. The number of nitrogens with zero attached hydrogens (tertiary/aromatic N) is 5. The molecule has 18 heavy (non-hydrogen) atoms. The summed E-state index contributed by atoms with van der Waals surface area (Å²) < 4.78 is 3.88. The first kappa shape index (κ1) is 12.8. The zero-order valence-corrected chi connectivity index (χ0v) is 11.2. The fraction of sp³-hybridized carbons (Fsp3) is 0.583. The molecule has 0 saturated heterocycles. The van der Waals surface area contributed by atoms with E-state index in [0.29, 0.717) is 6.04 Å². The van der Waals surface area contributed by atoms with Crippen molar-refractivity contribution in [3.05, 3.63) is 30.1 Å². The Morgan fingerprint density at radius 3 is 2.83 bits per heavy atom. The van der Waals surface area contributed by atoms with Crippen LogP contribution in [0.15, 0.2) is 18.7 Å². The summed E-state index contributed by atoms with van der Waals surface area (Å²) in [6, 6.07) is 0.345. The third kappa shape index (κ3) is 3.16. The second kappa shape index (κ2) is 5.77. The molecule has 6 nitrogen and oxygen atoms in total. The van der Waals surface area contributed by atoms with E-state index in [1.807, 2.05) is 28.7 Å². The number of hydrogen-bond donors (Lipinski definition) is 1. The summed E-state index contributed by atoms with van der Waals surface area (Å²) in [6.07, 6.45) is 5.52. The molecule has 2 aromatic rings. The van der Waals surface area contributed by atoms with Gasteiger partial charge in [-0.1, -0.05) is 0 Å². The fourth-order valence-electron chi connectivity index (χ4n) is 1.81. The van der Waals surface area contributed by atoms with Crippen molar-refractivity contribution in [3.8, 4) is 0 Å². The van der Waals surface area contributed by atoms with Gasteiger partial charge in [0.2, 0.25) is 0 Å². The van der Waals surface area contributed by atoms with Crippen molar-refractivity contribution in [2.45, 2.75) is 39.9 Å². The summed E-state index contributed by atoms with van der Waals surface area (Å²) in [7, 11) is 0. The van der Waals surface area contributed by atoms with Gasteiger partial charge in [-0.3, -0.25) is 4.68 Å². The molecule has 0 saturated carbocycles. The van der Waals surface area contributed by atoms with Crippen LogP contribution in [-0.4, -0.2) is 31.1 Å². The van der Waals surface area contributed by atoms with Crippen LogP contribution in [-0.2, 0) is 13.1 Å². The lowest BCUT2D eigenvalue weighted by Gasteiger charge is -2.10. The molecule has 0 bridgehead atoms. The van der Waals surface area contributed by atoms with Gasteiger partial charge in [0.1, 0.15) is 12.2 Å². The monoisotopic (exact) mass is 248 g/mol. The van der Waals surface area contributed by atoms with Gasteiger partial charge >= 0.3 is 0 Å². The van der Waals surface area contributed by atoms with Gasteiger partial charge in [-0.05, 0) is 26.3 Å². The Balaban J connectivity index is 1.77. The topological polar surface area (TPSA) is 60.6 Å². The standard InChI is InChI=1S/C12H20N6/c1-10(2)18-12(14-9-16-18)7-13-4-5-17-8-11(3)6-15-17/h6,8-10,13H,4-5,7H2,1-3H3. The first-order chi connectivity index (χ1) is 8.66. The van der Waals surface area contributed by atoms with Crippen LogP contribution in [0.5, 0.6) is 0 Å². The number of hydrogen-bond acceptors (Lipinski definition) is 4. The van der Waals surface area contributed by atoms with Crippen LogP contribution < -0.4 is 5.32 Å². The highest BCUT2D eigenvalue weighted by molar-refractivity contribution is 4.99. The Labute approximate surface area is 107 Å². The van der Waals surface area contributed by atoms with E-state index in [4.69, 9.17) is 0 Å². The Kier molecular flexibility index (Phi) is 4.09. The second-order valence-corrected chi connectivity index (χ2v) is 4.67. The van der Waals surface area contributed by atoms with E-state index in [0.717, 1.165) is 25.5 Å². The third-order valence-corrected chi connectivity index (χ3v) is 2.70. The summed E-state index contributed by atoms with van der Waals surface area (Å²) in [5, 5.41) is 11.8. The van der Waals surface area contributed by atoms with E-state index in [2.05, 4.69) is 34.3 Å². The lowest BCUT2D eigenvalue weighted by molar-refractivity contribution is 0.480. The average Bonchev–Trinajstić information content (AvgIpc) is 2.93. The van der Waals surface area contributed by atoms with E-state index in [-0.39, 0.29) is 0 Å². The van der Waals surface area contributed by atoms with Gasteiger partial charge in [0.05, 0.1) is 19.3 Å². The molecule has 0 spiro atoms. The van der Waals surface area contributed by atoms with E-state index < -0.39 is 0 Å². The second-order valence-electron chi connectivity index (χ2n) is 4.67. The minimum absolute atomic E-state index is 0.345. The highest BCUT2D eigenvalue weighted by Crippen LogP contribution is 2.04. The smallest absolute Gasteiger partial charge is 0.141 e. The highest BCUT2D eigenvalue weighted by atomic mass is 15.4. The molecule has 0 aliphatic heterocycles. The summed E-state index contributed by atoms with van der Waals surface area (Å²) in [5.41, 5.74) is 1.19. The maximum Gasteiger partial charge on any atom is 0.141 e. The van der Waals surface area contributed by atoms with E-state index in [9.17, 15) is 0 Å². The van der Waals surface area contributed by atoms with Crippen molar-refractivity contribution in [3.63, 3.8) is 0 Å². The zero-order valence-electron chi connectivity index (χ0n) is 11.2. The first-order valence-corrected chi connectivity index (χ1v) is 6.25. The molecule has 2 rings (SSSR count). The zero-order chi connectivity index (χ0) is 13.0. The van der Waals surface area contributed by atoms with Gasteiger partial charge in [0, 0.05) is 18.8 Å². The molecule has 0 radical (unpaired) electrons. The molecular formula is C12H20N6. The van der Waals surface area contributed by atoms with Crippen LogP contribution in [0.25, 0.3) is 0 Å². The molecule has 0 aliphatic carbocycles. The average molecular weight is 248 g/mol. The van der Waals surface area contributed by atoms with Crippen LogP contribution in [0.2, 0.25) is 0 Å². The van der Waals surface area contributed by atoms with E-state index in [1.165, 1.54) is 5.56 Å². The largest absolute Gasteiger partial charge is 0.308 e. The minimum atomic E-state index is 0.345. The number of aromatic nitrogens is 5. The van der Waals surface area contributed by atoms with Crippen molar-refractivity contribution in [2.24, 2.45) is 0 Å².